The lowest BCUT2D eigenvalue weighted by Crippen LogP contribution is -2.29. The molecule has 0 aliphatic carbocycles. The number of benzene rings is 1. The Labute approximate surface area is 96.9 Å². The van der Waals surface area contributed by atoms with Crippen LogP contribution in [0.1, 0.15) is 6.42 Å². The molecule has 0 aromatic heterocycles. The van der Waals surface area contributed by atoms with Gasteiger partial charge in [-0.25, -0.2) is 0 Å². The second kappa shape index (κ2) is 4.20. The lowest BCUT2D eigenvalue weighted by Gasteiger charge is -2.25. The molecule has 1 aliphatic heterocycles. The normalized spacial score (nSPS) is 19.2. The van der Waals surface area contributed by atoms with Gasteiger partial charge in [0.05, 0.1) is 22.3 Å². The van der Waals surface area contributed by atoms with Crippen molar-refractivity contribution in [2.45, 2.75) is 16.6 Å². The summed E-state index contributed by atoms with van der Waals surface area (Å²) in [6.07, 6.45) is 0.0604. The molecule has 1 unspecified atom stereocenters. The van der Waals surface area contributed by atoms with Crippen molar-refractivity contribution in [2.75, 3.05) is 5.32 Å². The Hall–Kier alpha value is -1.07. The van der Waals surface area contributed by atoms with E-state index in [0.29, 0.717) is 4.99 Å². The minimum absolute atomic E-state index is 0.0604. The van der Waals surface area contributed by atoms with Gasteiger partial charge in [0.2, 0.25) is 0 Å². The van der Waals surface area contributed by atoms with E-state index in [2.05, 4.69) is 5.32 Å². The molecule has 0 saturated heterocycles. The monoisotopic (exact) mass is 239 g/mol. The Morgan fingerprint density at radius 1 is 1.53 bits per heavy atom. The van der Waals surface area contributed by atoms with Gasteiger partial charge in [0.15, 0.2) is 0 Å². The molecule has 5 heteroatoms. The minimum atomic E-state index is -0.823. The maximum Gasteiger partial charge on any atom is 0.304 e. The highest BCUT2D eigenvalue weighted by Crippen LogP contribution is 2.36. The number of nitrogens with one attached hydrogen (secondary N) is 1. The van der Waals surface area contributed by atoms with Crippen molar-refractivity contribution < 1.29 is 9.90 Å². The lowest BCUT2D eigenvalue weighted by molar-refractivity contribution is -0.136. The van der Waals surface area contributed by atoms with Crippen molar-refractivity contribution in [3.63, 3.8) is 0 Å². The molecule has 1 aromatic carbocycles. The van der Waals surface area contributed by atoms with Crippen molar-refractivity contribution in [3.05, 3.63) is 24.3 Å². The summed E-state index contributed by atoms with van der Waals surface area (Å²) in [4.78, 5) is 12.3. The molecular formula is C10H9NO2S2. The predicted octanol–water partition coefficient (Wildman–Crippen LogP) is 2.37. The minimum Gasteiger partial charge on any atom is -0.481 e. The summed E-state index contributed by atoms with van der Waals surface area (Å²) in [5, 5.41) is 11.6. The van der Waals surface area contributed by atoms with Crippen molar-refractivity contribution in [3.8, 4) is 0 Å². The van der Waals surface area contributed by atoms with Crippen molar-refractivity contribution in [1.82, 2.24) is 0 Å². The third kappa shape index (κ3) is 2.30. The molecule has 0 fully saturated rings. The molecule has 0 amide bonds. The smallest absolute Gasteiger partial charge is 0.304 e. The summed E-state index contributed by atoms with van der Waals surface area (Å²) in [6, 6.07) is 7.75. The number of carboxylic acids is 1. The summed E-state index contributed by atoms with van der Waals surface area (Å²) < 4.78 is 0. The van der Waals surface area contributed by atoms with Crippen LogP contribution in [0.5, 0.6) is 0 Å². The van der Waals surface area contributed by atoms with Gasteiger partial charge in [-0.1, -0.05) is 24.4 Å². The van der Waals surface area contributed by atoms with Crippen LogP contribution in [-0.4, -0.2) is 21.3 Å². The molecule has 78 valence electrons. The number of carbonyl (C=O) groups is 1. The summed E-state index contributed by atoms with van der Waals surface area (Å²) in [6.45, 7) is 0. The van der Waals surface area contributed by atoms with Gasteiger partial charge in [0, 0.05) is 4.90 Å². The number of rotatable bonds is 2. The Bertz CT molecular complexity index is 420. The second-order valence-electron chi connectivity index (χ2n) is 3.19. The Balaban J connectivity index is 2.22. The molecule has 1 aromatic rings. The lowest BCUT2D eigenvalue weighted by atomic mass is 10.2. The van der Waals surface area contributed by atoms with Crippen LogP contribution in [0.2, 0.25) is 0 Å². The van der Waals surface area contributed by atoms with E-state index in [0.717, 1.165) is 10.6 Å². The van der Waals surface area contributed by atoms with Gasteiger partial charge in [-0.15, -0.1) is 11.8 Å². The van der Waals surface area contributed by atoms with Crippen LogP contribution in [0, 0.1) is 0 Å². The molecule has 1 aliphatic rings. The maximum atomic E-state index is 10.6. The first kappa shape index (κ1) is 10.4. The number of para-hydroxylation sites is 1. The Morgan fingerprint density at radius 3 is 3.00 bits per heavy atom. The van der Waals surface area contributed by atoms with Crippen LogP contribution in [0.25, 0.3) is 0 Å². The number of thiocarbonyl (C=S) groups is 1. The number of anilines is 1. The molecule has 0 radical (unpaired) electrons. The highest BCUT2D eigenvalue weighted by molar-refractivity contribution is 8.02. The van der Waals surface area contributed by atoms with Crippen LogP contribution in [0.3, 0.4) is 0 Å². The number of carboxylic acid groups (broad SMARTS) is 1. The van der Waals surface area contributed by atoms with E-state index in [-0.39, 0.29) is 11.7 Å². The fourth-order valence-corrected chi connectivity index (χ4v) is 2.82. The first-order chi connectivity index (χ1) is 7.16. The van der Waals surface area contributed by atoms with Crippen LogP contribution < -0.4 is 5.32 Å². The Kier molecular flexibility index (Phi) is 2.93. The van der Waals surface area contributed by atoms with Crippen molar-refractivity contribution in [1.29, 1.82) is 0 Å². The molecule has 15 heavy (non-hydrogen) atoms. The van der Waals surface area contributed by atoms with Crippen LogP contribution in [0.15, 0.2) is 29.2 Å². The third-order valence-electron chi connectivity index (χ3n) is 2.07. The summed E-state index contributed by atoms with van der Waals surface area (Å²) in [5.74, 6) is -0.823. The van der Waals surface area contributed by atoms with Crippen LogP contribution in [0.4, 0.5) is 5.69 Å². The van der Waals surface area contributed by atoms with Gasteiger partial charge < -0.3 is 10.4 Å². The van der Waals surface area contributed by atoms with Gasteiger partial charge in [0.1, 0.15) is 0 Å². The van der Waals surface area contributed by atoms with Gasteiger partial charge in [-0.2, -0.15) is 0 Å². The molecular weight excluding hydrogens is 230 g/mol. The van der Waals surface area contributed by atoms with E-state index in [9.17, 15) is 4.79 Å². The topological polar surface area (TPSA) is 49.3 Å². The van der Waals surface area contributed by atoms with Crippen molar-refractivity contribution in [2.24, 2.45) is 0 Å². The van der Waals surface area contributed by atoms with E-state index in [4.69, 9.17) is 17.3 Å². The average molecular weight is 239 g/mol. The number of hydrogen-bond donors (Lipinski definition) is 2. The first-order valence-corrected chi connectivity index (χ1v) is 5.74. The van der Waals surface area contributed by atoms with Crippen LogP contribution >= 0.6 is 24.0 Å². The van der Waals surface area contributed by atoms with Crippen molar-refractivity contribution >= 4 is 40.6 Å². The largest absolute Gasteiger partial charge is 0.481 e. The average Bonchev–Trinajstić information content (AvgIpc) is 2.18. The van der Waals surface area contributed by atoms with Gasteiger partial charge in [-0.05, 0) is 12.1 Å². The molecule has 3 nitrogen and oxygen atoms in total. The molecule has 2 N–H and O–H groups in total. The number of fused-ring (bicyclic) bond motifs is 1. The van der Waals surface area contributed by atoms with E-state index in [1.165, 1.54) is 11.8 Å². The van der Waals surface area contributed by atoms with E-state index in [1.807, 2.05) is 24.3 Å². The highest BCUT2D eigenvalue weighted by Gasteiger charge is 2.25. The second-order valence-corrected chi connectivity index (χ2v) is 4.87. The van der Waals surface area contributed by atoms with E-state index in [1.54, 1.807) is 0 Å². The Morgan fingerprint density at radius 2 is 2.27 bits per heavy atom. The zero-order valence-electron chi connectivity index (χ0n) is 7.77. The molecule has 0 bridgehead atoms. The zero-order chi connectivity index (χ0) is 10.8. The molecule has 0 saturated carbocycles. The predicted molar refractivity (Wildman–Crippen MR) is 64.6 cm³/mol. The SMILES string of the molecule is O=C(O)CC1Sc2ccccc2NC1=S. The summed E-state index contributed by atoms with van der Waals surface area (Å²) in [5.41, 5.74) is 0.967. The number of hydrogen-bond acceptors (Lipinski definition) is 3. The standard InChI is InChI=1S/C10H9NO2S2/c12-9(13)5-8-10(14)11-6-3-1-2-4-7(6)15-8/h1-4,8H,5H2,(H,11,14)(H,12,13). The fourth-order valence-electron chi connectivity index (χ4n) is 1.39. The van der Waals surface area contributed by atoms with Gasteiger partial charge in [0.25, 0.3) is 0 Å². The van der Waals surface area contributed by atoms with Gasteiger partial charge >= 0.3 is 5.97 Å². The molecule has 1 heterocycles. The molecule has 1 atom stereocenters. The van der Waals surface area contributed by atoms with E-state index < -0.39 is 5.97 Å². The number of aliphatic carboxylic acids is 1. The maximum absolute atomic E-state index is 10.6. The van der Waals surface area contributed by atoms with Crippen LogP contribution in [-0.2, 0) is 4.79 Å². The summed E-state index contributed by atoms with van der Waals surface area (Å²) in [7, 11) is 0. The quantitative estimate of drug-likeness (QED) is 0.776. The fraction of sp³-hybridized carbons (Fsp3) is 0.200. The number of thioether (sulfide) groups is 1. The molecule has 0 spiro atoms. The highest BCUT2D eigenvalue weighted by atomic mass is 32.2. The first-order valence-electron chi connectivity index (χ1n) is 4.45. The zero-order valence-corrected chi connectivity index (χ0v) is 9.40. The molecule has 2 rings (SSSR count). The third-order valence-corrected chi connectivity index (χ3v) is 3.90. The van der Waals surface area contributed by atoms with Gasteiger partial charge in [-0.3, -0.25) is 4.79 Å². The van der Waals surface area contributed by atoms with E-state index >= 15 is 0 Å². The summed E-state index contributed by atoms with van der Waals surface area (Å²) >= 11 is 6.64.